The summed E-state index contributed by atoms with van der Waals surface area (Å²) in [6.45, 7) is 6.25. The Hall–Kier alpha value is -1.18. The van der Waals surface area contributed by atoms with Crippen LogP contribution in [-0.2, 0) is 5.41 Å². The molecule has 0 radical (unpaired) electrons. The molecule has 2 N–H and O–H groups in total. The zero-order valence-electron chi connectivity index (χ0n) is 9.75. The minimum absolute atomic E-state index is 0.175. The van der Waals surface area contributed by atoms with Crippen molar-refractivity contribution in [3.63, 3.8) is 0 Å². The molecule has 0 spiro atoms. The van der Waals surface area contributed by atoms with Gasteiger partial charge in [0.05, 0.1) is 0 Å². The lowest BCUT2D eigenvalue weighted by Crippen LogP contribution is -2.17. The molecule has 0 aromatic heterocycles. The quantitative estimate of drug-likeness (QED) is 0.794. The van der Waals surface area contributed by atoms with E-state index < -0.39 is 0 Å². The molecule has 0 amide bonds. The van der Waals surface area contributed by atoms with E-state index in [1.54, 1.807) is 18.2 Å². The molecular formula is C13H20O2. The van der Waals surface area contributed by atoms with Gasteiger partial charge in [0.25, 0.3) is 0 Å². The molecule has 2 heteroatoms. The van der Waals surface area contributed by atoms with Gasteiger partial charge in [0.2, 0.25) is 0 Å². The second kappa shape index (κ2) is 4.56. The minimum atomic E-state index is -0.175. The van der Waals surface area contributed by atoms with Crippen molar-refractivity contribution in [2.24, 2.45) is 0 Å². The van der Waals surface area contributed by atoms with Crippen LogP contribution < -0.4 is 0 Å². The molecule has 0 heterocycles. The summed E-state index contributed by atoms with van der Waals surface area (Å²) in [6.07, 6.45) is 3.19. The topological polar surface area (TPSA) is 40.5 Å². The Kier molecular flexibility index (Phi) is 3.61. The molecule has 1 aromatic carbocycles. The molecule has 0 saturated heterocycles. The smallest absolute Gasteiger partial charge is 0.123 e. The molecule has 0 bridgehead atoms. The maximum absolute atomic E-state index is 9.77. The van der Waals surface area contributed by atoms with Gasteiger partial charge in [-0.1, -0.05) is 39.7 Å². The third kappa shape index (κ3) is 2.65. The van der Waals surface area contributed by atoms with Crippen LogP contribution in [-0.4, -0.2) is 10.2 Å². The predicted molar refractivity (Wildman–Crippen MR) is 62.3 cm³/mol. The van der Waals surface area contributed by atoms with Crippen molar-refractivity contribution in [2.75, 3.05) is 0 Å². The summed E-state index contributed by atoms with van der Waals surface area (Å²) in [5.74, 6) is 0.382. The number of benzene rings is 1. The summed E-state index contributed by atoms with van der Waals surface area (Å²) in [4.78, 5) is 0. The van der Waals surface area contributed by atoms with Gasteiger partial charge in [-0.2, -0.15) is 0 Å². The Morgan fingerprint density at radius 2 is 1.67 bits per heavy atom. The number of rotatable bonds is 4. The molecule has 1 aromatic rings. The zero-order chi connectivity index (χ0) is 11.5. The van der Waals surface area contributed by atoms with Crippen molar-refractivity contribution in [3.8, 4) is 11.5 Å². The summed E-state index contributed by atoms with van der Waals surface area (Å²) < 4.78 is 0. The first-order valence-corrected chi connectivity index (χ1v) is 5.50. The van der Waals surface area contributed by atoms with E-state index in [1.165, 1.54) is 0 Å². The van der Waals surface area contributed by atoms with Crippen LogP contribution in [0.15, 0.2) is 18.2 Å². The van der Waals surface area contributed by atoms with Gasteiger partial charge >= 0.3 is 0 Å². The summed E-state index contributed by atoms with van der Waals surface area (Å²) in [5, 5.41) is 19.5. The van der Waals surface area contributed by atoms with E-state index in [9.17, 15) is 10.2 Å². The van der Waals surface area contributed by atoms with Crippen LogP contribution in [0.5, 0.6) is 11.5 Å². The highest BCUT2D eigenvalue weighted by atomic mass is 16.3. The van der Waals surface area contributed by atoms with Crippen molar-refractivity contribution >= 4 is 0 Å². The lowest BCUT2D eigenvalue weighted by molar-refractivity contribution is 0.381. The Balaban J connectivity index is 3.03. The third-order valence-electron chi connectivity index (χ3n) is 2.85. The first-order chi connectivity index (χ1) is 6.99. The predicted octanol–water partition coefficient (Wildman–Crippen LogP) is 3.57. The normalized spacial score (nSPS) is 11.7. The first-order valence-electron chi connectivity index (χ1n) is 5.50. The molecule has 0 aliphatic carbocycles. The molecule has 2 nitrogen and oxygen atoms in total. The average molecular weight is 208 g/mol. The van der Waals surface area contributed by atoms with Gasteiger partial charge in [-0.25, -0.2) is 0 Å². The van der Waals surface area contributed by atoms with Crippen LogP contribution in [0, 0.1) is 0 Å². The van der Waals surface area contributed by atoms with E-state index in [2.05, 4.69) is 20.8 Å². The molecule has 0 aliphatic rings. The van der Waals surface area contributed by atoms with E-state index in [-0.39, 0.29) is 16.9 Å². The maximum atomic E-state index is 9.77. The fraction of sp³-hybridized carbons (Fsp3) is 0.538. The largest absolute Gasteiger partial charge is 0.508 e. The Bertz CT molecular complexity index is 309. The highest BCUT2D eigenvalue weighted by Crippen LogP contribution is 2.40. The molecule has 15 heavy (non-hydrogen) atoms. The summed E-state index contributed by atoms with van der Waals surface area (Å²) in [5.41, 5.74) is 0.490. The number of unbranched alkanes of at least 4 members (excludes halogenated alkanes) is 1. The van der Waals surface area contributed by atoms with Crippen LogP contribution in [0.1, 0.15) is 45.6 Å². The molecule has 0 fully saturated rings. The number of hydrogen-bond acceptors (Lipinski definition) is 2. The minimum Gasteiger partial charge on any atom is -0.508 e. The summed E-state index contributed by atoms with van der Waals surface area (Å²) in [7, 11) is 0. The third-order valence-corrected chi connectivity index (χ3v) is 2.85. The standard InChI is InChI=1S/C13H20O2/c1-4-5-9-13(2,3)12-10(14)7-6-8-11(12)15/h6-8,14-15H,4-5,9H2,1-3H3. The Labute approximate surface area is 91.6 Å². The molecule has 0 atom stereocenters. The highest BCUT2D eigenvalue weighted by molar-refractivity contribution is 5.47. The molecule has 0 saturated carbocycles. The van der Waals surface area contributed by atoms with Gasteiger partial charge in [-0.3, -0.25) is 0 Å². The second-order valence-electron chi connectivity index (χ2n) is 4.66. The lowest BCUT2D eigenvalue weighted by atomic mass is 9.79. The van der Waals surface area contributed by atoms with E-state index in [0.29, 0.717) is 5.56 Å². The van der Waals surface area contributed by atoms with Crippen molar-refractivity contribution in [1.82, 2.24) is 0 Å². The van der Waals surface area contributed by atoms with E-state index in [1.807, 2.05) is 0 Å². The van der Waals surface area contributed by atoms with Crippen LogP contribution in [0.2, 0.25) is 0 Å². The second-order valence-corrected chi connectivity index (χ2v) is 4.66. The average Bonchev–Trinajstić information content (AvgIpc) is 2.14. The number of phenols is 2. The van der Waals surface area contributed by atoms with Crippen LogP contribution in [0.4, 0.5) is 0 Å². The zero-order valence-corrected chi connectivity index (χ0v) is 9.75. The molecular weight excluding hydrogens is 188 g/mol. The molecule has 1 rings (SSSR count). The number of hydrogen-bond donors (Lipinski definition) is 2. The Morgan fingerprint density at radius 3 is 2.13 bits per heavy atom. The van der Waals surface area contributed by atoms with Crippen LogP contribution >= 0.6 is 0 Å². The first kappa shape index (κ1) is 11.9. The van der Waals surface area contributed by atoms with Gasteiger partial charge in [0, 0.05) is 5.56 Å². The Morgan fingerprint density at radius 1 is 1.13 bits per heavy atom. The van der Waals surface area contributed by atoms with E-state index in [0.717, 1.165) is 19.3 Å². The maximum Gasteiger partial charge on any atom is 0.123 e. The van der Waals surface area contributed by atoms with Crippen molar-refractivity contribution in [2.45, 2.75) is 45.4 Å². The fourth-order valence-corrected chi connectivity index (χ4v) is 1.97. The van der Waals surface area contributed by atoms with Crippen molar-refractivity contribution in [3.05, 3.63) is 23.8 Å². The van der Waals surface area contributed by atoms with Crippen LogP contribution in [0.25, 0.3) is 0 Å². The van der Waals surface area contributed by atoms with Gasteiger partial charge in [-0.05, 0) is 24.0 Å². The van der Waals surface area contributed by atoms with Crippen molar-refractivity contribution < 1.29 is 10.2 Å². The summed E-state index contributed by atoms with van der Waals surface area (Å²) >= 11 is 0. The summed E-state index contributed by atoms with van der Waals surface area (Å²) in [6, 6.07) is 4.91. The molecule has 0 aliphatic heterocycles. The SMILES string of the molecule is CCCCC(C)(C)c1c(O)cccc1O. The molecule has 0 unspecified atom stereocenters. The fourth-order valence-electron chi connectivity index (χ4n) is 1.97. The lowest BCUT2D eigenvalue weighted by Gasteiger charge is -2.26. The van der Waals surface area contributed by atoms with Gasteiger partial charge in [0.1, 0.15) is 11.5 Å². The monoisotopic (exact) mass is 208 g/mol. The van der Waals surface area contributed by atoms with Gasteiger partial charge < -0.3 is 10.2 Å². The number of phenolic OH excluding ortho intramolecular Hbond substituents is 2. The van der Waals surface area contributed by atoms with Crippen molar-refractivity contribution in [1.29, 1.82) is 0 Å². The molecule has 84 valence electrons. The number of aromatic hydroxyl groups is 2. The van der Waals surface area contributed by atoms with E-state index in [4.69, 9.17) is 0 Å². The van der Waals surface area contributed by atoms with Gasteiger partial charge in [0.15, 0.2) is 0 Å². The highest BCUT2D eigenvalue weighted by Gasteiger charge is 2.26. The van der Waals surface area contributed by atoms with Crippen LogP contribution in [0.3, 0.4) is 0 Å². The van der Waals surface area contributed by atoms with Gasteiger partial charge in [-0.15, -0.1) is 0 Å². The van der Waals surface area contributed by atoms with E-state index >= 15 is 0 Å².